The fourth-order valence-electron chi connectivity index (χ4n) is 1.87. The van der Waals surface area contributed by atoms with Crippen molar-refractivity contribution < 1.29 is 18.0 Å². The van der Waals surface area contributed by atoms with E-state index in [9.17, 15) is 8.78 Å². The van der Waals surface area contributed by atoms with E-state index in [1.54, 1.807) is 0 Å². The van der Waals surface area contributed by atoms with E-state index < -0.39 is 11.6 Å². The molecular weight excluding hydrogens is 290 g/mol. The van der Waals surface area contributed by atoms with E-state index >= 15 is 0 Å². The molecule has 0 N–H and O–H groups in total. The summed E-state index contributed by atoms with van der Waals surface area (Å²) in [7, 11) is 0. The number of benzene rings is 2. The maximum atomic E-state index is 13.4. The van der Waals surface area contributed by atoms with Gasteiger partial charge in [-0.25, -0.2) is 8.78 Å². The lowest BCUT2D eigenvalue weighted by Gasteiger charge is -2.03. The Morgan fingerprint density at radius 2 is 1.86 bits per heavy atom. The Morgan fingerprint density at radius 3 is 2.59 bits per heavy atom. The van der Waals surface area contributed by atoms with E-state index in [0.29, 0.717) is 5.82 Å². The highest BCUT2D eigenvalue weighted by atomic mass is 19.1. The van der Waals surface area contributed by atoms with Crippen LogP contribution in [0.25, 0.3) is 11.4 Å². The molecular formula is C16H12F2N2O2. The molecule has 112 valence electrons. The monoisotopic (exact) mass is 302 g/mol. The van der Waals surface area contributed by atoms with Crippen LogP contribution in [0.2, 0.25) is 0 Å². The molecule has 3 aromatic rings. The van der Waals surface area contributed by atoms with Crippen molar-refractivity contribution in [1.82, 2.24) is 10.1 Å². The first-order chi connectivity index (χ1) is 10.6. The number of aromatic nitrogens is 2. The van der Waals surface area contributed by atoms with E-state index in [1.807, 2.05) is 31.2 Å². The fraction of sp³-hybridized carbons (Fsp3) is 0.125. The maximum absolute atomic E-state index is 13.4. The summed E-state index contributed by atoms with van der Waals surface area (Å²) in [6.45, 7) is 1.89. The van der Waals surface area contributed by atoms with Crippen molar-refractivity contribution in [3.63, 3.8) is 0 Å². The molecule has 0 spiro atoms. The van der Waals surface area contributed by atoms with Gasteiger partial charge in [0.25, 0.3) is 5.89 Å². The van der Waals surface area contributed by atoms with Crippen molar-refractivity contribution in [2.45, 2.75) is 13.5 Å². The van der Waals surface area contributed by atoms with Crippen LogP contribution >= 0.6 is 0 Å². The first-order valence-electron chi connectivity index (χ1n) is 6.59. The summed E-state index contributed by atoms with van der Waals surface area (Å²) in [5.41, 5.74) is 1.94. The number of hydrogen-bond acceptors (Lipinski definition) is 4. The maximum Gasteiger partial charge on any atom is 0.264 e. The molecule has 1 heterocycles. The number of ether oxygens (including phenoxy) is 1. The molecule has 1 aromatic heterocycles. The molecule has 0 saturated heterocycles. The van der Waals surface area contributed by atoms with Gasteiger partial charge in [0, 0.05) is 11.6 Å². The topological polar surface area (TPSA) is 48.2 Å². The fourth-order valence-corrected chi connectivity index (χ4v) is 1.87. The van der Waals surface area contributed by atoms with Gasteiger partial charge in [-0.1, -0.05) is 35.0 Å². The van der Waals surface area contributed by atoms with Gasteiger partial charge in [-0.2, -0.15) is 4.98 Å². The highest BCUT2D eigenvalue weighted by Crippen LogP contribution is 2.20. The zero-order chi connectivity index (χ0) is 15.5. The van der Waals surface area contributed by atoms with Crippen LogP contribution in [0.4, 0.5) is 8.78 Å². The van der Waals surface area contributed by atoms with E-state index in [4.69, 9.17) is 9.26 Å². The first kappa shape index (κ1) is 14.2. The lowest BCUT2D eigenvalue weighted by molar-refractivity contribution is 0.234. The summed E-state index contributed by atoms with van der Waals surface area (Å²) in [6, 6.07) is 10.7. The Labute approximate surface area is 125 Å². The summed E-state index contributed by atoms with van der Waals surface area (Å²) in [5.74, 6) is -0.878. The van der Waals surface area contributed by atoms with Crippen molar-refractivity contribution in [3.05, 3.63) is 65.6 Å². The largest absolute Gasteiger partial charge is 0.481 e. The highest BCUT2D eigenvalue weighted by Gasteiger charge is 2.11. The van der Waals surface area contributed by atoms with Crippen molar-refractivity contribution in [2.75, 3.05) is 0 Å². The third kappa shape index (κ3) is 3.11. The lowest BCUT2D eigenvalue weighted by atomic mass is 10.1. The summed E-state index contributed by atoms with van der Waals surface area (Å²) in [5, 5.41) is 3.85. The van der Waals surface area contributed by atoms with Crippen LogP contribution in [0.1, 0.15) is 11.5 Å². The molecule has 3 rings (SSSR count). The molecule has 0 radical (unpaired) electrons. The van der Waals surface area contributed by atoms with E-state index in [0.717, 1.165) is 23.3 Å². The van der Waals surface area contributed by atoms with Gasteiger partial charge in [0.15, 0.2) is 18.2 Å². The van der Waals surface area contributed by atoms with Crippen molar-refractivity contribution in [2.24, 2.45) is 0 Å². The third-order valence-electron chi connectivity index (χ3n) is 3.02. The molecule has 22 heavy (non-hydrogen) atoms. The standard InChI is InChI=1S/C16H12F2N2O2/c1-10-2-4-11(5-3-10)16-19-15(22-20-16)9-21-14-7-6-12(17)8-13(14)18/h2-8H,9H2,1H3. The molecule has 2 aromatic carbocycles. The smallest absolute Gasteiger partial charge is 0.264 e. The van der Waals surface area contributed by atoms with Gasteiger partial charge < -0.3 is 9.26 Å². The second kappa shape index (κ2) is 5.93. The molecule has 0 amide bonds. The van der Waals surface area contributed by atoms with Crippen LogP contribution < -0.4 is 4.74 Å². The number of halogens is 2. The molecule has 0 aliphatic rings. The minimum Gasteiger partial charge on any atom is -0.481 e. The summed E-state index contributed by atoms with van der Waals surface area (Å²) in [6.07, 6.45) is 0. The predicted molar refractivity (Wildman–Crippen MR) is 75.2 cm³/mol. The van der Waals surface area contributed by atoms with Crippen LogP contribution in [-0.4, -0.2) is 10.1 Å². The Morgan fingerprint density at radius 1 is 1.09 bits per heavy atom. The molecule has 4 nitrogen and oxygen atoms in total. The van der Waals surface area contributed by atoms with Gasteiger partial charge in [-0.3, -0.25) is 0 Å². The van der Waals surface area contributed by atoms with Crippen LogP contribution in [0.5, 0.6) is 5.75 Å². The van der Waals surface area contributed by atoms with Gasteiger partial charge in [-0.05, 0) is 19.1 Å². The number of aryl methyl sites for hydroxylation is 1. The summed E-state index contributed by atoms with van der Waals surface area (Å²) in [4.78, 5) is 4.17. The Kier molecular flexibility index (Phi) is 3.82. The van der Waals surface area contributed by atoms with Gasteiger partial charge in [0.2, 0.25) is 5.82 Å². The number of hydrogen-bond donors (Lipinski definition) is 0. The van der Waals surface area contributed by atoms with E-state index in [-0.39, 0.29) is 18.2 Å². The minimum atomic E-state index is -0.779. The van der Waals surface area contributed by atoms with Crippen LogP contribution in [0.15, 0.2) is 47.0 Å². The predicted octanol–water partition coefficient (Wildman–Crippen LogP) is 3.90. The van der Waals surface area contributed by atoms with E-state index in [2.05, 4.69) is 10.1 Å². The summed E-state index contributed by atoms with van der Waals surface area (Å²) < 4.78 is 36.5. The second-order valence-corrected chi connectivity index (χ2v) is 4.74. The SMILES string of the molecule is Cc1ccc(-c2noc(COc3ccc(F)cc3F)n2)cc1. The summed E-state index contributed by atoms with van der Waals surface area (Å²) >= 11 is 0. The minimum absolute atomic E-state index is 0.0727. The average molecular weight is 302 g/mol. The van der Waals surface area contributed by atoms with Crippen LogP contribution in [0.3, 0.4) is 0 Å². The second-order valence-electron chi connectivity index (χ2n) is 4.74. The molecule has 6 heteroatoms. The quantitative estimate of drug-likeness (QED) is 0.733. The number of nitrogens with zero attached hydrogens (tertiary/aromatic N) is 2. The van der Waals surface area contributed by atoms with Gasteiger partial charge >= 0.3 is 0 Å². The first-order valence-corrected chi connectivity index (χ1v) is 6.59. The van der Waals surface area contributed by atoms with Crippen LogP contribution in [0, 0.1) is 18.6 Å². The van der Waals surface area contributed by atoms with E-state index in [1.165, 1.54) is 6.07 Å². The van der Waals surface area contributed by atoms with Crippen molar-refractivity contribution >= 4 is 0 Å². The molecule has 0 fully saturated rings. The zero-order valence-electron chi connectivity index (χ0n) is 11.7. The zero-order valence-corrected chi connectivity index (χ0v) is 11.7. The number of rotatable bonds is 4. The Balaban J connectivity index is 1.70. The van der Waals surface area contributed by atoms with Gasteiger partial charge in [0.1, 0.15) is 5.82 Å². The average Bonchev–Trinajstić information content (AvgIpc) is 2.96. The highest BCUT2D eigenvalue weighted by molar-refractivity contribution is 5.54. The Bertz CT molecular complexity index is 785. The molecule has 0 bridgehead atoms. The van der Waals surface area contributed by atoms with Crippen molar-refractivity contribution in [1.29, 1.82) is 0 Å². The van der Waals surface area contributed by atoms with Crippen molar-refractivity contribution in [3.8, 4) is 17.1 Å². The molecule has 0 aliphatic carbocycles. The molecule has 0 saturated carbocycles. The lowest BCUT2D eigenvalue weighted by Crippen LogP contribution is -1.98. The van der Waals surface area contributed by atoms with Gasteiger partial charge in [-0.15, -0.1) is 0 Å². The molecule has 0 atom stereocenters. The van der Waals surface area contributed by atoms with Gasteiger partial charge in [0.05, 0.1) is 0 Å². The third-order valence-corrected chi connectivity index (χ3v) is 3.02. The Hall–Kier alpha value is -2.76. The molecule has 0 unspecified atom stereocenters. The van der Waals surface area contributed by atoms with Crippen LogP contribution in [-0.2, 0) is 6.61 Å². The normalized spacial score (nSPS) is 10.7. The molecule has 0 aliphatic heterocycles.